The fourth-order valence-electron chi connectivity index (χ4n) is 2.62. The second-order valence-electron chi connectivity index (χ2n) is 5.19. The summed E-state index contributed by atoms with van der Waals surface area (Å²) in [6.45, 7) is 4.82. The number of carbonyl (C=O) groups is 1. The Hall–Kier alpha value is -2.95. The third kappa shape index (κ3) is 3.06. The third-order valence-corrected chi connectivity index (χ3v) is 3.68. The molecule has 0 radical (unpaired) electrons. The van der Waals surface area contributed by atoms with Crippen molar-refractivity contribution in [3.05, 3.63) is 60.4 Å². The van der Waals surface area contributed by atoms with Gasteiger partial charge in [0.25, 0.3) is 0 Å². The van der Waals surface area contributed by atoms with E-state index in [4.69, 9.17) is 4.74 Å². The molecule has 0 aliphatic heterocycles. The first-order chi connectivity index (χ1) is 11.7. The molecule has 2 aromatic carbocycles. The number of anilines is 2. The normalized spacial score (nSPS) is 10.6. The molecule has 5 nitrogen and oxygen atoms in total. The Morgan fingerprint density at radius 2 is 1.71 bits per heavy atom. The van der Waals surface area contributed by atoms with Crippen LogP contribution in [-0.2, 0) is 4.74 Å². The molecule has 5 heteroatoms. The van der Waals surface area contributed by atoms with Gasteiger partial charge in [-0.25, -0.2) is 14.8 Å². The van der Waals surface area contributed by atoms with E-state index < -0.39 is 5.97 Å². The number of carbonyl (C=O) groups excluding carboxylic acids is 1. The number of fused-ring (bicyclic) bond motifs is 1. The molecule has 0 saturated heterocycles. The molecule has 0 fully saturated rings. The van der Waals surface area contributed by atoms with Gasteiger partial charge in [-0.2, -0.15) is 0 Å². The molecule has 0 spiro atoms. The minimum atomic E-state index is -0.506. The highest BCUT2D eigenvalue weighted by Crippen LogP contribution is 2.29. The summed E-state index contributed by atoms with van der Waals surface area (Å²) in [5.41, 5.74) is 1.73. The van der Waals surface area contributed by atoms with Crippen molar-refractivity contribution in [2.24, 2.45) is 0 Å². The maximum atomic E-state index is 12.1. The topological polar surface area (TPSA) is 55.3 Å². The molecule has 0 N–H and O–H groups in total. The van der Waals surface area contributed by atoms with Gasteiger partial charge < -0.3 is 9.64 Å². The summed E-state index contributed by atoms with van der Waals surface area (Å²) in [7, 11) is 0. The van der Waals surface area contributed by atoms with Gasteiger partial charge in [-0.3, -0.25) is 0 Å². The van der Waals surface area contributed by atoms with Crippen LogP contribution in [0.2, 0.25) is 0 Å². The van der Waals surface area contributed by atoms with Gasteiger partial charge in [0.05, 0.1) is 12.1 Å². The molecule has 0 aliphatic carbocycles. The summed E-state index contributed by atoms with van der Waals surface area (Å²) in [5, 5.41) is 0.899. The summed E-state index contributed by atoms with van der Waals surface area (Å²) < 4.78 is 5.07. The van der Waals surface area contributed by atoms with Crippen molar-refractivity contribution in [1.29, 1.82) is 0 Å². The molecule has 3 rings (SSSR count). The lowest BCUT2D eigenvalue weighted by Crippen LogP contribution is -2.20. The standard InChI is InChI=1S/C19H19N3O2/c1-3-22(14-10-6-5-7-11-14)18-15-12-8-9-13-16(15)20-17(21-18)19(23)24-4-2/h5-13H,3-4H2,1-2H3. The van der Waals surface area contributed by atoms with Crippen LogP contribution < -0.4 is 4.90 Å². The highest BCUT2D eigenvalue weighted by Gasteiger charge is 2.18. The molecule has 3 aromatic rings. The van der Waals surface area contributed by atoms with Gasteiger partial charge in [0, 0.05) is 17.6 Å². The van der Waals surface area contributed by atoms with Crippen LogP contribution in [-0.4, -0.2) is 29.1 Å². The van der Waals surface area contributed by atoms with E-state index in [1.807, 2.05) is 61.5 Å². The zero-order valence-electron chi connectivity index (χ0n) is 13.8. The number of hydrogen-bond donors (Lipinski definition) is 0. The van der Waals surface area contributed by atoms with Gasteiger partial charge in [-0.15, -0.1) is 0 Å². The van der Waals surface area contributed by atoms with Crippen molar-refractivity contribution >= 4 is 28.4 Å². The SMILES string of the molecule is CCOC(=O)c1nc(N(CC)c2ccccc2)c2ccccc2n1. The van der Waals surface area contributed by atoms with Gasteiger partial charge in [-0.05, 0) is 38.1 Å². The highest BCUT2D eigenvalue weighted by molar-refractivity contribution is 5.95. The second kappa shape index (κ2) is 7.08. The largest absolute Gasteiger partial charge is 0.460 e. The van der Waals surface area contributed by atoms with E-state index in [0.29, 0.717) is 19.0 Å². The average molecular weight is 321 g/mol. The smallest absolute Gasteiger partial charge is 0.376 e. The average Bonchev–Trinajstić information content (AvgIpc) is 2.63. The van der Waals surface area contributed by atoms with Gasteiger partial charge in [-0.1, -0.05) is 30.3 Å². The van der Waals surface area contributed by atoms with E-state index in [1.165, 1.54) is 0 Å². The van der Waals surface area contributed by atoms with Crippen molar-refractivity contribution < 1.29 is 9.53 Å². The fourth-order valence-corrected chi connectivity index (χ4v) is 2.62. The summed E-state index contributed by atoms with van der Waals surface area (Å²) in [5.74, 6) is 0.283. The summed E-state index contributed by atoms with van der Waals surface area (Å²) in [6, 6.07) is 17.6. The number of benzene rings is 2. The molecule has 122 valence electrons. The second-order valence-corrected chi connectivity index (χ2v) is 5.19. The number of ether oxygens (including phenoxy) is 1. The van der Waals surface area contributed by atoms with Crippen LogP contribution in [0.25, 0.3) is 10.9 Å². The number of para-hydroxylation sites is 2. The fraction of sp³-hybridized carbons (Fsp3) is 0.211. The van der Waals surface area contributed by atoms with Crippen LogP contribution in [0.5, 0.6) is 0 Å². The number of aromatic nitrogens is 2. The number of nitrogens with zero attached hydrogens (tertiary/aromatic N) is 3. The quantitative estimate of drug-likeness (QED) is 0.666. The van der Waals surface area contributed by atoms with E-state index in [9.17, 15) is 4.79 Å². The zero-order valence-corrected chi connectivity index (χ0v) is 13.8. The van der Waals surface area contributed by atoms with Gasteiger partial charge >= 0.3 is 5.97 Å². The first kappa shape index (κ1) is 15.9. The van der Waals surface area contributed by atoms with Crippen LogP contribution in [0.4, 0.5) is 11.5 Å². The van der Waals surface area contributed by atoms with E-state index in [0.717, 1.165) is 16.6 Å². The summed E-state index contributed by atoms with van der Waals surface area (Å²) in [6.07, 6.45) is 0. The Morgan fingerprint density at radius 3 is 2.42 bits per heavy atom. The Labute approximate surface area is 140 Å². The van der Waals surface area contributed by atoms with Crippen molar-refractivity contribution in [2.75, 3.05) is 18.1 Å². The first-order valence-electron chi connectivity index (χ1n) is 8.01. The highest BCUT2D eigenvalue weighted by atomic mass is 16.5. The van der Waals surface area contributed by atoms with E-state index in [2.05, 4.69) is 14.9 Å². The molecule has 0 atom stereocenters. The minimum absolute atomic E-state index is 0.0833. The van der Waals surface area contributed by atoms with Crippen molar-refractivity contribution in [2.45, 2.75) is 13.8 Å². The minimum Gasteiger partial charge on any atom is -0.460 e. The predicted molar refractivity (Wildman–Crippen MR) is 94.6 cm³/mol. The molecule has 0 amide bonds. The molecule has 0 bridgehead atoms. The Morgan fingerprint density at radius 1 is 1.00 bits per heavy atom. The van der Waals surface area contributed by atoms with E-state index in [-0.39, 0.29) is 5.82 Å². The van der Waals surface area contributed by atoms with Crippen LogP contribution >= 0.6 is 0 Å². The van der Waals surface area contributed by atoms with E-state index in [1.54, 1.807) is 6.92 Å². The predicted octanol–water partition coefficient (Wildman–Crippen LogP) is 3.96. The van der Waals surface area contributed by atoms with Crippen LogP contribution in [0, 0.1) is 0 Å². The number of esters is 1. The third-order valence-electron chi connectivity index (χ3n) is 3.68. The molecule has 0 unspecified atom stereocenters. The summed E-state index contributed by atoms with van der Waals surface area (Å²) >= 11 is 0. The lowest BCUT2D eigenvalue weighted by molar-refractivity contribution is 0.0512. The molecule has 24 heavy (non-hydrogen) atoms. The Kier molecular flexibility index (Phi) is 4.70. The van der Waals surface area contributed by atoms with E-state index >= 15 is 0 Å². The Balaban J connectivity index is 2.19. The monoisotopic (exact) mass is 321 g/mol. The van der Waals surface area contributed by atoms with Gasteiger partial charge in [0.1, 0.15) is 5.82 Å². The number of rotatable bonds is 5. The van der Waals surface area contributed by atoms with Crippen LogP contribution in [0.3, 0.4) is 0 Å². The lowest BCUT2D eigenvalue weighted by Gasteiger charge is -2.23. The first-order valence-corrected chi connectivity index (χ1v) is 8.01. The van der Waals surface area contributed by atoms with Crippen molar-refractivity contribution in [1.82, 2.24) is 9.97 Å². The molecule has 0 aliphatic rings. The molecular formula is C19H19N3O2. The molecule has 1 aromatic heterocycles. The van der Waals surface area contributed by atoms with Gasteiger partial charge in [0.2, 0.25) is 5.82 Å². The van der Waals surface area contributed by atoms with Crippen LogP contribution in [0.15, 0.2) is 54.6 Å². The van der Waals surface area contributed by atoms with Crippen molar-refractivity contribution in [3.8, 4) is 0 Å². The summed E-state index contributed by atoms with van der Waals surface area (Å²) in [4.78, 5) is 23.0. The van der Waals surface area contributed by atoms with Crippen LogP contribution in [0.1, 0.15) is 24.5 Å². The zero-order chi connectivity index (χ0) is 16.9. The lowest BCUT2D eigenvalue weighted by atomic mass is 10.2. The maximum Gasteiger partial charge on any atom is 0.376 e. The number of hydrogen-bond acceptors (Lipinski definition) is 5. The molecular weight excluding hydrogens is 302 g/mol. The molecule has 1 heterocycles. The molecule has 0 saturated carbocycles. The maximum absolute atomic E-state index is 12.1. The van der Waals surface area contributed by atoms with Crippen molar-refractivity contribution in [3.63, 3.8) is 0 Å². The van der Waals surface area contributed by atoms with Gasteiger partial charge in [0.15, 0.2) is 0 Å². The Bertz CT molecular complexity index is 850.